The molecule has 0 aliphatic rings. The summed E-state index contributed by atoms with van der Waals surface area (Å²) in [6, 6.07) is 11.2. The van der Waals surface area contributed by atoms with E-state index in [0.29, 0.717) is 24.7 Å². The summed E-state index contributed by atoms with van der Waals surface area (Å²) in [6.45, 7) is 0.927. The number of nitrogens with zero attached hydrogens (tertiary/aromatic N) is 1. The van der Waals surface area contributed by atoms with Crippen molar-refractivity contribution in [2.45, 2.75) is 6.42 Å². The quantitative estimate of drug-likeness (QED) is 0.557. The summed E-state index contributed by atoms with van der Waals surface area (Å²) in [4.78, 5) is 14.1. The van der Waals surface area contributed by atoms with Crippen LogP contribution in [0.5, 0.6) is 17.2 Å². The van der Waals surface area contributed by atoms with Crippen molar-refractivity contribution >= 4 is 37.8 Å². The maximum absolute atomic E-state index is 12.5. The van der Waals surface area contributed by atoms with Crippen molar-refractivity contribution in [3.8, 4) is 17.2 Å². The smallest absolute Gasteiger partial charge is 0.226 e. The molecule has 0 fully saturated rings. The normalized spacial score (nSPS) is 10.3. The Morgan fingerprint density at radius 1 is 1.04 bits per heavy atom. The van der Waals surface area contributed by atoms with E-state index in [1.54, 1.807) is 32.2 Å². The van der Waals surface area contributed by atoms with Gasteiger partial charge in [0.2, 0.25) is 5.91 Å². The molecule has 140 valence electrons. The molecule has 0 atom stereocenters. The van der Waals surface area contributed by atoms with Gasteiger partial charge in [0.15, 0.2) is 11.5 Å². The lowest BCUT2D eigenvalue weighted by Gasteiger charge is -2.18. The average molecular weight is 487 g/mol. The third kappa shape index (κ3) is 5.64. The largest absolute Gasteiger partial charge is 0.493 e. The highest BCUT2D eigenvalue weighted by atomic mass is 79.9. The van der Waals surface area contributed by atoms with Crippen molar-refractivity contribution in [3.05, 3.63) is 50.9 Å². The molecule has 5 nitrogen and oxygen atoms in total. The molecule has 2 aromatic carbocycles. The van der Waals surface area contributed by atoms with E-state index in [2.05, 4.69) is 31.9 Å². The molecule has 7 heteroatoms. The van der Waals surface area contributed by atoms with Crippen LogP contribution < -0.4 is 14.2 Å². The van der Waals surface area contributed by atoms with Crippen LogP contribution >= 0.6 is 31.9 Å². The lowest BCUT2D eigenvalue weighted by molar-refractivity contribution is -0.129. The van der Waals surface area contributed by atoms with E-state index in [1.165, 1.54) is 0 Å². The third-order valence-electron chi connectivity index (χ3n) is 3.83. The van der Waals surface area contributed by atoms with Gasteiger partial charge in [-0.2, -0.15) is 0 Å². The molecule has 0 aromatic heterocycles. The van der Waals surface area contributed by atoms with Crippen molar-refractivity contribution in [1.29, 1.82) is 0 Å². The number of methoxy groups -OCH3 is 2. The number of hydrogen-bond donors (Lipinski definition) is 0. The number of ether oxygens (including phenoxy) is 3. The van der Waals surface area contributed by atoms with Gasteiger partial charge in [-0.1, -0.05) is 31.9 Å². The monoisotopic (exact) mass is 485 g/mol. The standard InChI is InChI=1S/C19H21Br2NO4/c1-22(8-9-26-15-6-4-14(20)5-7-15)19(23)11-13-10-17(24-2)18(25-3)12-16(13)21/h4-7,10,12H,8-9,11H2,1-3H3. The van der Waals surface area contributed by atoms with Crippen LogP contribution in [0.1, 0.15) is 5.56 Å². The van der Waals surface area contributed by atoms with Gasteiger partial charge in [-0.05, 0) is 42.0 Å². The first-order valence-corrected chi connectivity index (χ1v) is 9.56. The molecule has 2 rings (SSSR count). The second-order valence-corrected chi connectivity index (χ2v) is 7.36. The number of hydrogen-bond acceptors (Lipinski definition) is 4. The van der Waals surface area contributed by atoms with Gasteiger partial charge in [-0.3, -0.25) is 4.79 Å². The van der Waals surface area contributed by atoms with Crippen molar-refractivity contribution in [2.75, 3.05) is 34.4 Å². The van der Waals surface area contributed by atoms with Crippen molar-refractivity contribution in [3.63, 3.8) is 0 Å². The van der Waals surface area contributed by atoms with E-state index >= 15 is 0 Å². The molecule has 0 aliphatic carbocycles. The van der Waals surface area contributed by atoms with E-state index in [1.807, 2.05) is 30.3 Å². The van der Waals surface area contributed by atoms with Crippen LogP contribution in [0.4, 0.5) is 0 Å². The first-order chi connectivity index (χ1) is 12.4. The highest BCUT2D eigenvalue weighted by Crippen LogP contribution is 2.33. The van der Waals surface area contributed by atoms with Crippen molar-refractivity contribution in [2.24, 2.45) is 0 Å². The molecule has 0 unspecified atom stereocenters. The fourth-order valence-electron chi connectivity index (χ4n) is 2.29. The minimum atomic E-state index is -0.00248. The number of rotatable bonds is 8. The lowest BCUT2D eigenvalue weighted by Crippen LogP contribution is -2.32. The molecule has 0 aliphatic heterocycles. The summed E-state index contributed by atoms with van der Waals surface area (Å²) in [5.74, 6) is 1.99. The maximum Gasteiger partial charge on any atom is 0.226 e. The summed E-state index contributed by atoms with van der Waals surface area (Å²) < 4.78 is 18.0. The van der Waals surface area contributed by atoms with Gasteiger partial charge in [-0.15, -0.1) is 0 Å². The minimum Gasteiger partial charge on any atom is -0.493 e. The summed E-state index contributed by atoms with van der Waals surface area (Å²) in [6.07, 6.45) is 0.260. The Kier molecular flexibility index (Phi) is 7.78. The molecule has 0 saturated carbocycles. The van der Waals surface area contributed by atoms with Gasteiger partial charge in [0.05, 0.1) is 27.2 Å². The molecule has 0 heterocycles. The van der Waals surface area contributed by atoms with Crippen LogP contribution in [0.25, 0.3) is 0 Å². The number of carbonyl (C=O) groups is 1. The zero-order valence-corrected chi connectivity index (χ0v) is 18.1. The van der Waals surface area contributed by atoms with Gasteiger partial charge in [0.1, 0.15) is 12.4 Å². The summed E-state index contributed by atoms with van der Waals surface area (Å²) in [5.41, 5.74) is 0.841. The van der Waals surface area contributed by atoms with Crippen LogP contribution in [-0.4, -0.2) is 45.2 Å². The Hall–Kier alpha value is -1.73. The fraction of sp³-hybridized carbons (Fsp3) is 0.316. The first-order valence-electron chi connectivity index (χ1n) is 7.97. The molecular weight excluding hydrogens is 466 g/mol. The van der Waals surface area contributed by atoms with Crippen LogP contribution in [0, 0.1) is 0 Å². The molecule has 0 bridgehead atoms. The van der Waals surface area contributed by atoms with Gasteiger partial charge in [0, 0.05) is 16.0 Å². The number of amides is 1. The van der Waals surface area contributed by atoms with E-state index in [-0.39, 0.29) is 12.3 Å². The lowest BCUT2D eigenvalue weighted by atomic mass is 10.1. The van der Waals surface area contributed by atoms with Crippen LogP contribution in [0.2, 0.25) is 0 Å². The predicted octanol–water partition coefficient (Wildman–Crippen LogP) is 4.31. The molecule has 1 amide bonds. The molecule has 0 saturated heterocycles. The molecular formula is C19H21Br2NO4. The number of likely N-dealkylation sites (N-methyl/N-ethyl adjacent to an activating group) is 1. The number of carbonyl (C=O) groups excluding carboxylic acids is 1. The second kappa shape index (κ2) is 9.83. The van der Waals surface area contributed by atoms with Crippen LogP contribution in [-0.2, 0) is 11.2 Å². The molecule has 0 N–H and O–H groups in total. The molecule has 0 spiro atoms. The maximum atomic E-state index is 12.5. The van der Waals surface area contributed by atoms with Gasteiger partial charge in [-0.25, -0.2) is 0 Å². The Labute approximate surface area is 170 Å². The highest BCUT2D eigenvalue weighted by molar-refractivity contribution is 9.10. The van der Waals surface area contributed by atoms with Crippen LogP contribution in [0.3, 0.4) is 0 Å². The predicted molar refractivity (Wildman–Crippen MR) is 108 cm³/mol. The second-order valence-electron chi connectivity index (χ2n) is 5.59. The molecule has 2 aromatic rings. The summed E-state index contributed by atoms with van der Waals surface area (Å²) in [7, 11) is 4.92. The van der Waals surface area contributed by atoms with E-state index < -0.39 is 0 Å². The summed E-state index contributed by atoms with van der Waals surface area (Å²) >= 11 is 6.87. The zero-order valence-electron chi connectivity index (χ0n) is 14.9. The zero-order chi connectivity index (χ0) is 19.1. The highest BCUT2D eigenvalue weighted by Gasteiger charge is 2.15. The Morgan fingerprint density at radius 2 is 1.65 bits per heavy atom. The van der Waals surface area contributed by atoms with Crippen LogP contribution in [0.15, 0.2) is 45.3 Å². The number of halogens is 2. The van der Waals surface area contributed by atoms with Gasteiger partial charge < -0.3 is 19.1 Å². The fourth-order valence-corrected chi connectivity index (χ4v) is 3.01. The average Bonchev–Trinajstić information content (AvgIpc) is 2.64. The van der Waals surface area contributed by atoms with Gasteiger partial charge >= 0.3 is 0 Å². The number of benzene rings is 2. The Balaban J connectivity index is 1.91. The third-order valence-corrected chi connectivity index (χ3v) is 5.10. The first kappa shape index (κ1) is 20.6. The Morgan fingerprint density at radius 3 is 2.27 bits per heavy atom. The van der Waals surface area contributed by atoms with E-state index in [4.69, 9.17) is 14.2 Å². The van der Waals surface area contributed by atoms with E-state index in [0.717, 1.165) is 20.3 Å². The van der Waals surface area contributed by atoms with Crippen molar-refractivity contribution < 1.29 is 19.0 Å². The van der Waals surface area contributed by atoms with Crippen molar-refractivity contribution in [1.82, 2.24) is 4.90 Å². The summed E-state index contributed by atoms with van der Waals surface area (Å²) in [5, 5.41) is 0. The topological polar surface area (TPSA) is 48.0 Å². The SMILES string of the molecule is COc1cc(Br)c(CC(=O)N(C)CCOc2ccc(Br)cc2)cc1OC. The molecule has 0 radical (unpaired) electrons. The minimum absolute atomic E-state index is 0.00248. The Bertz CT molecular complexity index is 750. The van der Waals surface area contributed by atoms with Gasteiger partial charge in [0.25, 0.3) is 0 Å². The molecule has 26 heavy (non-hydrogen) atoms. The van der Waals surface area contributed by atoms with E-state index in [9.17, 15) is 4.79 Å².